The molecule has 0 aliphatic heterocycles. The SMILES string of the molecule is O=C1CCCCC1.[Br][V]([Br])[Br]. The van der Waals surface area contributed by atoms with Gasteiger partial charge in [-0.2, -0.15) is 0 Å². The summed E-state index contributed by atoms with van der Waals surface area (Å²) in [5.41, 5.74) is 0. The van der Waals surface area contributed by atoms with Crippen molar-refractivity contribution < 1.29 is 14.3 Å². The van der Waals surface area contributed by atoms with E-state index < -0.39 is 9.46 Å². The quantitative estimate of drug-likeness (QED) is 0.612. The zero-order valence-corrected chi connectivity index (χ0v) is 12.2. The Kier molecular flexibility index (Phi) is 9.58. The Hall–Kier alpha value is 1.69. The van der Waals surface area contributed by atoms with Gasteiger partial charge in [0.1, 0.15) is 5.78 Å². The molecule has 66 valence electrons. The molecule has 0 unspecified atom stereocenters. The van der Waals surface area contributed by atoms with Crippen LogP contribution in [0.3, 0.4) is 0 Å². The van der Waals surface area contributed by atoms with Crippen molar-refractivity contribution in [1.82, 2.24) is 0 Å². The third kappa shape index (κ3) is 11.7. The molecule has 5 heteroatoms. The molecule has 0 aromatic carbocycles. The summed E-state index contributed by atoms with van der Waals surface area (Å²) in [4.78, 5) is 10.5. The summed E-state index contributed by atoms with van der Waals surface area (Å²) in [6.45, 7) is 0. The Morgan fingerprint density at radius 3 is 1.55 bits per heavy atom. The standard InChI is InChI=1S/C6H10O.3BrH.V/c7-6-4-2-1-3-5-6;;;;/h1-5H2;3*1H;/q;;;;+3/p-3. The maximum atomic E-state index is 10.5. The van der Waals surface area contributed by atoms with Crippen molar-refractivity contribution in [3.05, 3.63) is 0 Å². The first kappa shape index (κ1) is 12.7. The van der Waals surface area contributed by atoms with E-state index in [0.29, 0.717) is 5.78 Å². The van der Waals surface area contributed by atoms with Crippen molar-refractivity contribution in [2.45, 2.75) is 32.1 Å². The van der Waals surface area contributed by atoms with E-state index in [0.717, 1.165) is 25.7 Å². The minimum atomic E-state index is -0.750. The summed E-state index contributed by atoms with van der Waals surface area (Å²) in [7, 11) is -0.750. The van der Waals surface area contributed by atoms with Gasteiger partial charge in [-0.05, 0) is 12.8 Å². The van der Waals surface area contributed by atoms with Gasteiger partial charge < -0.3 is 0 Å². The van der Waals surface area contributed by atoms with E-state index in [9.17, 15) is 4.79 Å². The van der Waals surface area contributed by atoms with E-state index in [2.05, 4.69) is 41.4 Å². The molecule has 0 amide bonds. The van der Waals surface area contributed by atoms with E-state index >= 15 is 0 Å². The van der Waals surface area contributed by atoms with Crippen molar-refractivity contribution in [2.75, 3.05) is 0 Å². The fourth-order valence-electron chi connectivity index (χ4n) is 0.946. The molecule has 1 saturated carbocycles. The third-order valence-electron chi connectivity index (χ3n) is 1.41. The zero-order chi connectivity index (χ0) is 8.69. The topological polar surface area (TPSA) is 17.1 Å². The van der Waals surface area contributed by atoms with Crippen molar-refractivity contribution in [3.63, 3.8) is 0 Å². The molecule has 0 radical (unpaired) electrons. The predicted molar refractivity (Wildman–Crippen MR) is 54.9 cm³/mol. The maximum absolute atomic E-state index is 10.5. The molecule has 0 heterocycles. The molecular formula is C6H10Br3OV. The second kappa shape index (κ2) is 8.30. The number of hydrogen-bond acceptors (Lipinski definition) is 1. The first-order valence-electron chi connectivity index (χ1n) is 3.42. The van der Waals surface area contributed by atoms with Gasteiger partial charge in [-0.3, -0.25) is 4.79 Å². The van der Waals surface area contributed by atoms with Crippen LogP contribution >= 0.6 is 41.4 Å². The van der Waals surface area contributed by atoms with E-state index in [1.165, 1.54) is 6.42 Å². The molecule has 0 atom stereocenters. The molecule has 1 rings (SSSR count). The zero-order valence-electron chi connectivity index (χ0n) is 6.02. The van der Waals surface area contributed by atoms with Gasteiger partial charge in [-0.15, -0.1) is 0 Å². The van der Waals surface area contributed by atoms with E-state index in [-0.39, 0.29) is 0 Å². The van der Waals surface area contributed by atoms with Gasteiger partial charge in [0, 0.05) is 12.8 Å². The summed E-state index contributed by atoms with van der Waals surface area (Å²) in [5, 5.41) is 0. The fourth-order valence-corrected chi connectivity index (χ4v) is 0.946. The Balaban J connectivity index is 0.000000218. The summed E-state index contributed by atoms with van der Waals surface area (Å²) in [5.74, 6) is 0.464. The fraction of sp³-hybridized carbons (Fsp3) is 0.833. The van der Waals surface area contributed by atoms with Crippen LogP contribution in [0.1, 0.15) is 32.1 Å². The van der Waals surface area contributed by atoms with Gasteiger partial charge in [0.05, 0.1) is 0 Å². The van der Waals surface area contributed by atoms with Crippen molar-refractivity contribution in [3.8, 4) is 0 Å². The van der Waals surface area contributed by atoms with Crippen molar-refractivity contribution in [2.24, 2.45) is 0 Å². The van der Waals surface area contributed by atoms with Crippen LogP contribution in [0, 0.1) is 0 Å². The van der Waals surface area contributed by atoms with E-state index in [1.54, 1.807) is 0 Å². The molecule has 0 aromatic rings. The summed E-state index contributed by atoms with van der Waals surface area (Å²) in [6, 6.07) is 0. The van der Waals surface area contributed by atoms with Crippen LogP contribution < -0.4 is 0 Å². The van der Waals surface area contributed by atoms with Crippen LogP contribution in [0.4, 0.5) is 0 Å². The molecule has 1 aliphatic rings. The Morgan fingerprint density at radius 2 is 1.36 bits per heavy atom. The molecular weight excluding hydrogens is 379 g/mol. The molecule has 1 fully saturated rings. The average molecular weight is 389 g/mol. The Bertz CT molecular complexity index is 108. The predicted octanol–water partition coefficient (Wildman–Crippen LogP) is 4.05. The average Bonchev–Trinajstić information content (AvgIpc) is 1.87. The van der Waals surface area contributed by atoms with Crippen LogP contribution in [0.2, 0.25) is 0 Å². The monoisotopic (exact) mass is 386 g/mol. The van der Waals surface area contributed by atoms with Crippen LogP contribution in [0.25, 0.3) is 0 Å². The van der Waals surface area contributed by atoms with Gasteiger partial charge >= 0.3 is 50.9 Å². The molecule has 11 heavy (non-hydrogen) atoms. The third-order valence-corrected chi connectivity index (χ3v) is 1.41. The molecule has 1 aliphatic carbocycles. The first-order chi connectivity index (χ1) is 5.13. The Labute approximate surface area is 92.7 Å². The summed E-state index contributed by atoms with van der Waals surface area (Å²) >= 11 is 9.75. The van der Waals surface area contributed by atoms with Gasteiger partial charge in [-0.1, -0.05) is 6.42 Å². The number of halogens is 3. The van der Waals surface area contributed by atoms with Crippen LogP contribution in [0.5, 0.6) is 0 Å². The second-order valence-electron chi connectivity index (χ2n) is 2.29. The number of ketones is 1. The normalized spacial score (nSPS) is 17.6. The molecule has 1 nitrogen and oxygen atoms in total. The van der Waals surface area contributed by atoms with Gasteiger partial charge in [0.2, 0.25) is 0 Å². The number of carbonyl (C=O) groups excluding carboxylic acids is 1. The van der Waals surface area contributed by atoms with Gasteiger partial charge in [0.15, 0.2) is 0 Å². The number of Topliss-reactive ketones (excluding diaryl/α,β-unsaturated/α-hetero) is 1. The summed E-state index contributed by atoms with van der Waals surface area (Å²) < 4.78 is 0. The van der Waals surface area contributed by atoms with E-state index in [1.807, 2.05) is 0 Å². The minimum absolute atomic E-state index is 0.464. The number of rotatable bonds is 0. The van der Waals surface area contributed by atoms with Crippen LogP contribution in [-0.4, -0.2) is 5.78 Å². The van der Waals surface area contributed by atoms with Crippen molar-refractivity contribution >= 4 is 47.2 Å². The number of hydrogen-bond donors (Lipinski definition) is 0. The second-order valence-corrected chi connectivity index (χ2v) is 23.4. The molecule has 0 saturated heterocycles. The number of carbonyl (C=O) groups is 1. The molecule has 0 aromatic heterocycles. The van der Waals surface area contributed by atoms with Crippen molar-refractivity contribution in [1.29, 1.82) is 0 Å². The van der Waals surface area contributed by atoms with Gasteiger partial charge in [-0.25, -0.2) is 0 Å². The first-order valence-corrected chi connectivity index (χ1v) is 13.8. The van der Waals surface area contributed by atoms with Crippen LogP contribution in [0.15, 0.2) is 0 Å². The summed E-state index contributed by atoms with van der Waals surface area (Å²) in [6.07, 6.45) is 5.24. The molecule has 0 spiro atoms. The Morgan fingerprint density at radius 1 is 1.00 bits per heavy atom. The molecule has 0 bridgehead atoms. The van der Waals surface area contributed by atoms with E-state index in [4.69, 9.17) is 0 Å². The van der Waals surface area contributed by atoms with Gasteiger partial charge in [0.25, 0.3) is 0 Å². The molecule has 0 N–H and O–H groups in total. The van der Waals surface area contributed by atoms with Crippen LogP contribution in [-0.2, 0) is 14.3 Å².